The van der Waals surface area contributed by atoms with Crippen LogP contribution in [0.3, 0.4) is 0 Å². The van der Waals surface area contributed by atoms with Gasteiger partial charge in [-0.15, -0.1) is 0 Å². The molecule has 1 aromatic carbocycles. The number of hydrogen-bond donors (Lipinski definition) is 0. The molecule has 1 atom stereocenters. The van der Waals surface area contributed by atoms with E-state index in [1.54, 1.807) is 49.4 Å². The van der Waals surface area contributed by atoms with Gasteiger partial charge in [0, 0.05) is 30.9 Å². The van der Waals surface area contributed by atoms with Crippen molar-refractivity contribution in [3.05, 3.63) is 64.6 Å². The quantitative estimate of drug-likeness (QED) is 0.540. The molecule has 1 aromatic heterocycles. The molecule has 7 heteroatoms. The van der Waals surface area contributed by atoms with Crippen LogP contribution in [-0.2, 0) is 14.3 Å². The van der Waals surface area contributed by atoms with Crippen molar-refractivity contribution >= 4 is 23.6 Å². The van der Waals surface area contributed by atoms with Gasteiger partial charge in [0.1, 0.15) is 11.4 Å². The van der Waals surface area contributed by atoms with Crippen molar-refractivity contribution in [2.45, 2.75) is 19.8 Å². The number of carbonyl (C=O) groups is 2. The molecule has 158 valence electrons. The topological polar surface area (TPSA) is 77.8 Å². The minimum atomic E-state index is -0.359. The van der Waals surface area contributed by atoms with Gasteiger partial charge >= 0.3 is 5.97 Å². The lowest BCUT2D eigenvalue weighted by Crippen LogP contribution is -2.44. The summed E-state index contributed by atoms with van der Waals surface area (Å²) < 4.78 is 11.9. The Balaban J connectivity index is 1.99. The highest BCUT2D eigenvalue weighted by Gasteiger charge is 2.31. The van der Waals surface area contributed by atoms with Crippen molar-refractivity contribution in [2.24, 2.45) is 5.92 Å². The third-order valence-electron chi connectivity index (χ3n) is 5.06. The van der Waals surface area contributed by atoms with E-state index in [2.05, 4.69) is 0 Å². The molecule has 0 aliphatic carbocycles. The number of carbonyl (C=O) groups excluding carboxylic acids is 2. The molecule has 0 bridgehead atoms. The molecule has 0 spiro atoms. The van der Waals surface area contributed by atoms with E-state index in [1.807, 2.05) is 18.2 Å². The summed E-state index contributed by atoms with van der Waals surface area (Å²) in [5.41, 5.74) is 0.568. The standard InChI is InChI=1S/C23H26N2O5/c1-3-30-23(28)18-10-8-13-24(16-18)22(27)19(25-14-7-6-12-21(25)26)15-17-9-4-5-11-20(17)29-2/h4-7,9,11-12,14-15,18H,3,8,10,13,16H2,1-2H3/b19-15+/t18-/m0/s1. The second-order valence-corrected chi connectivity index (χ2v) is 7.02. The van der Waals surface area contributed by atoms with Crippen molar-refractivity contribution in [2.75, 3.05) is 26.8 Å². The van der Waals surface area contributed by atoms with E-state index in [-0.39, 0.29) is 35.6 Å². The fourth-order valence-electron chi connectivity index (χ4n) is 3.57. The lowest BCUT2D eigenvalue weighted by Gasteiger charge is -2.32. The van der Waals surface area contributed by atoms with Crippen molar-refractivity contribution in [1.29, 1.82) is 0 Å². The zero-order chi connectivity index (χ0) is 21.5. The number of ether oxygens (including phenoxy) is 2. The Morgan fingerprint density at radius 2 is 1.93 bits per heavy atom. The Morgan fingerprint density at radius 1 is 1.17 bits per heavy atom. The second-order valence-electron chi connectivity index (χ2n) is 7.02. The van der Waals surface area contributed by atoms with Crippen LogP contribution < -0.4 is 10.3 Å². The number of methoxy groups -OCH3 is 1. The molecule has 30 heavy (non-hydrogen) atoms. The highest BCUT2D eigenvalue weighted by Crippen LogP contribution is 2.25. The summed E-state index contributed by atoms with van der Waals surface area (Å²) in [6.07, 6.45) is 4.59. The van der Waals surface area contributed by atoms with Crippen molar-refractivity contribution in [3.8, 4) is 5.75 Å². The first-order valence-corrected chi connectivity index (χ1v) is 10.0. The van der Waals surface area contributed by atoms with Crippen LogP contribution in [0.1, 0.15) is 25.3 Å². The number of pyridine rings is 1. The summed E-state index contributed by atoms with van der Waals surface area (Å²) in [6.45, 7) is 2.85. The van der Waals surface area contributed by atoms with Gasteiger partial charge in [-0.3, -0.25) is 19.0 Å². The zero-order valence-electron chi connectivity index (χ0n) is 17.2. The van der Waals surface area contributed by atoms with E-state index in [9.17, 15) is 14.4 Å². The summed E-state index contributed by atoms with van der Waals surface area (Å²) in [6, 6.07) is 12.0. The van der Waals surface area contributed by atoms with E-state index in [1.165, 1.54) is 10.6 Å². The number of likely N-dealkylation sites (tertiary alicyclic amines) is 1. The normalized spacial score (nSPS) is 16.8. The van der Waals surface area contributed by atoms with Gasteiger partial charge in [0.25, 0.3) is 11.5 Å². The first-order chi connectivity index (χ1) is 14.5. The van der Waals surface area contributed by atoms with Crippen molar-refractivity contribution in [3.63, 3.8) is 0 Å². The molecular weight excluding hydrogens is 384 g/mol. The van der Waals surface area contributed by atoms with Crippen molar-refractivity contribution in [1.82, 2.24) is 9.47 Å². The number of para-hydroxylation sites is 1. The molecule has 0 N–H and O–H groups in total. The van der Waals surface area contributed by atoms with Gasteiger partial charge in [-0.05, 0) is 38.0 Å². The van der Waals surface area contributed by atoms with E-state index >= 15 is 0 Å². The fourth-order valence-corrected chi connectivity index (χ4v) is 3.57. The summed E-state index contributed by atoms with van der Waals surface area (Å²) in [4.78, 5) is 39.8. The molecule has 7 nitrogen and oxygen atoms in total. The van der Waals surface area contributed by atoms with Crippen LogP contribution in [0.25, 0.3) is 11.8 Å². The SMILES string of the molecule is CCOC(=O)[C@H]1CCCN(C(=O)/C(=C\c2ccccc2OC)n2ccccc2=O)C1. The van der Waals surface area contributed by atoms with Gasteiger partial charge in [0.2, 0.25) is 0 Å². The van der Waals surface area contributed by atoms with E-state index in [0.717, 1.165) is 0 Å². The Kier molecular flexibility index (Phi) is 7.06. The molecule has 0 radical (unpaired) electrons. The highest BCUT2D eigenvalue weighted by atomic mass is 16.5. The Labute approximate surface area is 175 Å². The fraction of sp³-hybridized carbons (Fsp3) is 0.348. The van der Waals surface area contributed by atoms with Gasteiger partial charge < -0.3 is 14.4 Å². The lowest BCUT2D eigenvalue weighted by atomic mass is 9.97. The van der Waals surface area contributed by atoms with Gasteiger partial charge in [-0.25, -0.2) is 0 Å². The highest BCUT2D eigenvalue weighted by molar-refractivity contribution is 6.18. The van der Waals surface area contributed by atoms with Crippen molar-refractivity contribution < 1.29 is 19.1 Å². The predicted octanol–water partition coefficient (Wildman–Crippen LogP) is 2.66. The summed E-state index contributed by atoms with van der Waals surface area (Å²) in [7, 11) is 1.55. The average molecular weight is 410 g/mol. The molecule has 0 saturated carbocycles. The Hall–Kier alpha value is -3.35. The van der Waals surface area contributed by atoms with Crippen LogP contribution in [0.5, 0.6) is 5.75 Å². The van der Waals surface area contributed by atoms with Crippen LogP contribution in [0, 0.1) is 5.92 Å². The minimum Gasteiger partial charge on any atom is -0.496 e. The first-order valence-electron chi connectivity index (χ1n) is 10.0. The molecule has 1 amide bonds. The molecule has 2 aromatic rings. The minimum absolute atomic E-state index is 0.203. The summed E-state index contributed by atoms with van der Waals surface area (Å²) >= 11 is 0. The zero-order valence-corrected chi connectivity index (χ0v) is 17.2. The maximum atomic E-state index is 13.5. The van der Waals surface area contributed by atoms with Crippen LogP contribution in [0.4, 0.5) is 0 Å². The van der Waals surface area contributed by atoms with Crippen LogP contribution in [0.2, 0.25) is 0 Å². The van der Waals surface area contributed by atoms with Gasteiger partial charge in [0.15, 0.2) is 0 Å². The largest absolute Gasteiger partial charge is 0.496 e. The average Bonchev–Trinajstić information content (AvgIpc) is 2.78. The molecular formula is C23H26N2O5. The summed E-state index contributed by atoms with van der Waals surface area (Å²) in [5, 5.41) is 0. The Morgan fingerprint density at radius 3 is 2.67 bits per heavy atom. The Bertz CT molecular complexity index is 995. The molecule has 2 heterocycles. The third kappa shape index (κ3) is 4.79. The first kappa shape index (κ1) is 21.4. The van der Waals surface area contributed by atoms with E-state index in [4.69, 9.17) is 9.47 Å². The van der Waals surface area contributed by atoms with E-state index < -0.39 is 0 Å². The molecule has 0 unspecified atom stereocenters. The third-order valence-corrected chi connectivity index (χ3v) is 5.06. The van der Waals surface area contributed by atoms with Crippen LogP contribution in [-0.4, -0.2) is 48.1 Å². The molecule has 1 saturated heterocycles. The van der Waals surface area contributed by atoms with E-state index in [0.29, 0.717) is 37.3 Å². The number of aromatic nitrogens is 1. The van der Waals surface area contributed by atoms with Crippen LogP contribution in [0.15, 0.2) is 53.5 Å². The van der Waals surface area contributed by atoms with Gasteiger partial charge in [-0.1, -0.05) is 24.3 Å². The predicted molar refractivity (Wildman–Crippen MR) is 114 cm³/mol. The smallest absolute Gasteiger partial charge is 0.310 e. The number of esters is 1. The number of amides is 1. The molecule has 1 aliphatic rings. The molecule has 1 fully saturated rings. The maximum absolute atomic E-state index is 13.5. The number of nitrogens with zero attached hydrogens (tertiary/aromatic N) is 2. The number of piperidine rings is 1. The second kappa shape index (κ2) is 9.91. The van der Waals surface area contributed by atoms with Gasteiger partial charge in [-0.2, -0.15) is 0 Å². The van der Waals surface area contributed by atoms with Crippen LogP contribution >= 0.6 is 0 Å². The molecule has 1 aliphatic heterocycles. The monoisotopic (exact) mass is 410 g/mol. The number of rotatable bonds is 6. The number of hydrogen-bond acceptors (Lipinski definition) is 5. The van der Waals surface area contributed by atoms with Gasteiger partial charge in [0.05, 0.1) is 19.6 Å². The lowest BCUT2D eigenvalue weighted by molar-refractivity contribution is -0.150. The number of benzene rings is 1. The molecule has 3 rings (SSSR count). The summed E-state index contributed by atoms with van der Waals surface area (Å²) in [5.74, 6) is -0.372. The maximum Gasteiger partial charge on any atom is 0.310 e.